The lowest BCUT2D eigenvalue weighted by molar-refractivity contribution is -0.143. The molecule has 5 heteroatoms. The van der Waals surface area contributed by atoms with Gasteiger partial charge in [-0.25, -0.2) is 0 Å². The molecular formula is C17H19NO4. The van der Waals surface area contributed by atoms with E-state index < -0.39 is 11.9 Å². The molecule has 1 N–H and O–H groups in total. The van der Waals surface area contributed by atoms with E-state index in [1.54, 1.807) is 4.90 Å². The number of carbonyl (C=O) groups is 2. The number of amides is 1. The van der Waals surface area contributed by atoms with Crippen molar-refractivity contribution in [2.75, 3.05) is 13.1 Å². The number of rotatable bonds is 2. The zero-order valence-corrected chi connectivity index (χ0v) is 12.7. The van der Waals surface area contributed by atoms with Crippen molar-refractivity contribution < 1.29 is 19.1 Å². The van der Waals surface area contributed by atoms with Crippen LogP contribution in [-0.4, -0.2) is 35.0 Å². The highest BCUT2D eigenvalue weighted by Gasteiger charge is 2.34. The fraction of sp³-hybridized carbons (Fsp3) is 0.412. The third-order valence-corrected chi connectivity index (χ3v) is 4.33. The molecule has 1 aromatic heterocycles. The van der Waals surface area contributed by atoms with Crippen LogP contribution in [0, 0.1) is 18.8 Å². The zero-order valence-electron chi connectivity index (χ0n) is 12.7. The van der Waals surface area contributed by atoms with Crippen LogP contribution in [0.3, 0.4) is 0 Å². The predicted octanol–water partition coefficient (Wildman–Crippen LogP) is 2.92. The Kier molecular flexibility index (Phi) is 3.64. The van der Waals surface area contributed by atoms with Gasteiger partial charge < -0.3 is 14.4 Å². The second kappa shape index (κ2) is 5.48. The number of furan rings is 1. The van der Waals surface area contributed by atoms with Gasteiger partial charge in [-0.2, -0.15) is 0 Å². The van der Waals surface area contributed by atoms with Gasteiger partial charge in [0, 0.05) is 24.0 Å². The summed E-state index contributed by atoms with van der Waals surface area (Å²) in [6.07, 6.45) is 0.609. The number of nitrogens with zero attached hydrogens (tertiary/aromatic N) is 1. The number of aryl methyl sites for hydroxylation is 1. The summed E-state index contributed by atoms with van der Waals surface area (Å²) < 4.78 is 5.71. The first-order valence-electron chi connectivity index (χ1n) is 7.47. The van der Waals surface area contributed by atoms with E-state index in [9.17, 15) is 14.7 Å². The van der Waals surface area contributed by atoms with Crippen LogP contribution in [-0.2, 0) is 4.79 Å². The van der Waals surface area contributed by atoms with Gasteiger partial charge in [0.05, 0.1) is 5.92 Å². The normalized spacial score (nSPS) is 22.0. The van der Waals surface area contributed by atoms with Crippen molar-refractivity contribution in [1.82, 2.24) is 4.90 Å². The van der Waals surface area contributed by atoms with Crippen LogP contribution in [0.1, 0.15) is 29.5 Å². The molecule has 3 rings (SSSR count). The minimum atomic E-state index is -0.842. The molecule has 0 spiro atoms. The number of carbonyl (C=O) groups excluding carboxylic acids is 1. The molecule has 1 aliphatic rings. The Bertz CT molecular complexity index is 733. The van der Waals surface area contributed by atoms with Gasteiger partial charge in [-0.05, 0) is 25.3 Å². The predicted molar refractivity (Wildman–Crippen MR) is 81.8 cm³/mol. The van der Waals surface area contributed by atoms with E-state index in [0.717, 1.165) is 10.9 Å². The minimum absolute atomic E-state index is 0.170. The molecule has 1 aliphatic heterocycles. The Morgan fingerprint density at radius 3 is 2.68 bits per heavy atom. The number of likely N-dealkylation sites (tertiary alicyclic amines) is 1. The average Bonchev–Trinajstić information content (AvgIpc) is 2.83. The van der Waals surface area contributed by atoms with Crippen LogP contribution in [0.2, 0.25) is 0 Å². The number of aliphatic carboxylic acids is 1. The summed E-state index contributed by atoms with van der Waals surface area (Å²) >= 11 is 0. The van der Waals surface area contributed by atoms with Crippen molar-refractivity contribution >= 4 is 22.8 Å². The van der Waals surface area contributed by atoms with Crippen molar-refractivity contribution in [3.63, 3.8) is 0 Å². The van der Waals surface area contributed by atoms with Gasteiger partial charge >= 0.3 is 5.97 Å². The molecule has 2 unspecified atom stereocenters. The number of para-hydroxylation sites is 1. The Morgan fingerprint density at radius 2 is 2.00 bits per heavy atom. The van der Waals surface area contributed by atoms with E-state index in [0.29, 0.717) is 24.3 Å². The third-order valence-electron chi connectivity index (χ3n) is 4.33. The summed E-state index contributed by atoms with van der Waals surface area (Å²) in [7, 11) is 0. The van der Waals surface area contributed by atoms with Crippen molar-refractivity contribution in [1.29, 1.82) is 0 Å². The van der Waals surface area contributed by atoms with Gasteiger partial charge in [0.15, 0.2) is 5.76 Å². The van der Waals surface area contributed by atoms with Gasteiger partial charge in [-0.3, -0.25) is 9.59 Å². The number of carboxylic acid groups (broad SMARTS) is 1. The van der Waals surface area contributed by atoms with E-state index in [1.165, 1.54) is 0 Å². The molecule has 0 saturated carbocycles. The van der Waals surface area contributed by atoms with Crippen LogP contribution in [0.4, 0.5) is 0 Å². The third kappa shape index (κ3) is 2.47. The summed E-state index contributed by atoms with van der Waals surface area (Å²) in [5.41, 5.74) is 1.49. The highest BCUT2D eigenvalue weighted by molar-refractivity contribution is 5.99. The Balaban J connectivity index is 1.91. The van der Waals surface area contributed by atoms with E-state index in [2.05, 4.69) is 0 Å². The fourth-order valence-corrected chi connectivity index (χ4v) is 3.22. The number of carboxylic acids is 1. The highest BCUT2D eigenvalue weighted by atomic mass is 16.4. The van der Waals surface area contributed by atoms with E-state index in [1.807, 2.05) is 38.1 Å². The van der Waals surface area contributed by atoms with Crippen LogP contribution in [0.25, 0.3) is 11.0 Å². The average molecular weight is 301 g/mol. The molecule has 0 bridgehead atoms. The Hall–Kier alpha value is -2.30. The molecule has 1 amide bonds. The van der Waals surface area contributed by atoms with Crippen LogP contribution < -0.4 is 0 Å². The minimum Gasteiger partial charge on any atom is -0.481 e. The molecule has 1 aromatic carbocycles. The van der Waals surface area contributed by atoms with Crippen molar-refractivity contribution in [3.05, 3.63) is 35.6 Å². The molecule has 2 aromatic rings. The maximum atomic E-state index is 12.7. The second-order valence-electron chi connectivity index (χ2n) is 6.14. The SMILES string of the molecule is Cc1c(C(=O)N2CC(C)CC(C(=O)O)C2)oc2ccccc12. The fourth-order valence-electron chi connectivity index (χ4n) is 3.22. The maximum Gasteiger partial charge on any atom is 0.308 e. The molecule has 5 nitrogen and oxygen atoms in total. The van der Waals surface area contributed by atoms with Crippen molar-refractivity contribution in [2.45, 2.75) is 20.3 Å². The molecule has 116 valence electrons. The number of hydrogen-bond donors (Lipinski definition) is 1. The van der Waals surface area contributed by atoms with E-state index >= 15 is 0 Å². The lowest BCUT2D eigenvalue weighted by atomic mass is 9.90. The van der Waals surface area contributed by atoms with Gasteiger partial charge in [-0.15, -0.1) is 0 Å². The lowest BCUT2D eigenvalue weighted by Crippen LogP contribution is -2.45. The van der Waals surface area contributed by atoms with Gasteiger partial charge in [0.25, 0.3) is 5.91 Å². The maximum absolute atomic E-state index is 12.7. The Labute approximate surface area is 128 Å². The smallest absolute Gasteiger partial charge is 0.308 e. The van der Waals surface area contributed by atoms with Gasteiger partial charge in [0.1, 0.15) is 5.58 Å². The molecule has 0 radical (unpaired) electrons. The van der Waals surface area contributed by atoms with Crippen molar-refractivity contribution in [3.8, 4) is 0 Å². The largest absolute Gasteiger partial charge is 0.481 e. The molecular weight excluding hydrogens is 282 g/mol. The monoisotopic (exact) mass is 301 g/mol. The van der Waals surface area contributed by atoms with Crippen LogP contribution >= 0.6 is 0 Å². The lowest BCUT2D eigenvalue weighted by Gasteiger charge is -2.34. The molecule has 1 saturated heterocycles. The van der Waals surface area contributed by atoms with Gasteiger partial charge in [-0.1, -0.05) is 25.1 Å². The second-order valence-corrected chi connectivity index (χ2v) is 6.14. The number of fused-ring (bicyclic) bond motifs is 1. The molecule has 2 atom stereocenters. The summed E-state index contributed by atoms with van der Waals surface area (Å²) in [6.45, 7) is 4.65. The first-order chi connectivity index (χ1) is 10.5. The van der Waals surface area contributed by atoms with E-state index in [-0.39, 0.29) is 18.4 Å². The van der Waals surface area contributed by atoms with E-state index in [4.69, 9.17) is 4.42 Å². The van der Waals surface area contributed by atoms with Gasteiger partial charge in [0.2, 0.25) is 0 Å². The topological polar surface area (TPSA) is 70.8 Å². The summed E-state index contributed by atoms with van der Waals surface area (Å²) in [6, 6.07) is 7.52. The highest BCUT2D eigenvalue weighted by Crippen LogP contribution is 2.28. The molecule has 1 fully saturated rings. The molecule has 2 heterocycles. The molecule has 0 aliphatic carbocycles. The summed E-state index contributed by atoms with van der Waals surface area (Å²) in [4.78, 5) is 25.6. The molecule has 22 heavy (non-hydrogen) atoms. The zero-order chi connectivity index (χ0) is 15.9. The number of piperidine rings is 1. The number of benzene rings is 1. The van der Waals surface area contributed by atoms with Crippen LogP contribution in [0.5, 0.6) is 0 Å². The summed E-state index contributed by atoms with van der Waals surface area (Å²) in [5.74, 6) is -1.07. The Morgan fingerprint density at radius 1 is 1.27 bits per heavy atom. The standard InChI is InChI=1S/C17H19NO4/c1-10-7-12(17(20)21)9-18(8-10)16(19)15-11(2)13-5-3-4-6-14(13)22-15/h3-6,10,12H,7-9H2,1-2H3,(H,20,21). The summed E-state index contributed by atoms with van der Waals surface area (Å²) in [5, 5.41) is 10.2. The first-order valence-corrected chi connectivity index (χ1v) is 7.47. The first kappa shape index (κ1) is 14.6. The van der Waals surface area contributed by atoms with Crippen molar-refractivity contribution in [2.24, 2.45) is 11.8 Å². The quantitative estimate of drug-likeness (QED) is 0.926. The van der Waals surface area contributed by atoms with Crippen LogP contribution in [0.15, 0.2) is 28.7 Å². The number of hydrogen-bond acceptors (Lipinski definition) is 3.